The number of pyridine rings is 1. The summed E-state index contributed by atoms with van der Waals surface area (Å²) in [6.45, 7) is 0.532. The molecule has 0 bridgehead atoms. The van der Waals surface area contributed by atoms with Crippen molar-refractivity contribution in [3.8, 4) is 0 Å². The molecule has 2 aromatic rings. The number of benzene rings is 1. The molecular formula is C13H11IN2O. The van der Waals surface area contributed by atoms with E-state index in [1.165, 1.54) is 0 Å². The Balaban J connectivity index is 1.97. The minimum atomic E-state index is -0.100. The molecule has 0 radical (unpaired) electrons. The Labute approximate surface area is 113 Å². The van der Waals surface area contributed by atoms with E-state index in [0.29, 0.717) is 12.1 Å². The van der Waals surface area contributed by atoms with E-state index in [1.807, 2.05) is 24.3 Å². The lowest BCUT2D eigenvalue weighted by Crippen LogP contribution is -2.22. The third-order valence-corrected chi connectivity index (χ3v) is 2.94. The summed E-state index contributed by atoms with van der Waals surface area (Å²) in [5.74, 6) is -0.100. The van der Waals surface area contributed by atoms with Crippen LogP contribution in [0.5, 0.6) is 0 Å². The number of hydrogen-bond donors (Lipinski definition) is 1. The molecule has 0 saturated heterocycles. The first-order valence-corrected chi connectivity index (χ1v) is 6.26. The maximum absolute atomic E-state index is 11.7. The normalized spacial score (nSPS) is 9.94. The van der Waals surface area contributed by atoms with Gasteiger partial charge in [-0.3, -0.25) is 9.78 Å². The Hall–Kier alpha value is -1.43. The zero-order valence-corrected chi connectivity index (χ0v) is 11.2. The fraction of sp³-hybridized carbons (Fsp3) is 0.0769. The van der Waals surface area contributed by atoms with Gasteiger partial charge in [0.25, 0.3) is 5.91 Å². The molecule has 86 valence electrons. The smallest absolute Gasteiger partial charge is 0.253 e. The summed E-state index contributed by atoms with van der Waals surface area (Å²) in [4.78, 5) is 15.7. The van der Waals surface area contributed by atoms with Crippen molar-refractivity contribution in [2.75, 3.05) is 0 Å². The number of halogens is 1. The van der Waals surface area contributed by atoms with Crippen molar-refractivity contribution < 1.29 is 4.79 Å². The molecule has 17 heavy (non-hydrogen) atoms. The number of hydrogen-bond acceptors (Lipinski definition) is 2. The van der Waals surface area contributed by atoms with Gasteiger partial charge >= 0.3 is 0 Å². The van der Waals surface area contributed by atoms with Crippen LogP contribution in [0.25, 0.3) is 0 Å². The molecule has 1 N–H and O–H groups in total. The molecule has 0 fully saturated rings. The van der Waals surface area contributed by atoms with E-state index in [-0.39, 0.29) is 5.91 Å². The molecule has 0 unspecified atom stereocenters. The first kappa shape index (κ1) is 12.0. The van der Waals surface area contributed by atoms with Crippen molar-refractivity contribution in [2.45, 2.75) is 6.54 Å². The van der Waals surface area contributed by atoms with Crippen LogP contribution in [0.3, 0.4) is 0 Å². The topological polar surface area (TPSA) is 42.0 Å². The quantitative estimate of drug-likeness (QED) is 0.875. The molecule has 0 atom stereocenters. The molecule has 4 heteroatoms. The zero-order chi connectivity index (χ0) is 12.1. The molecule has 0 saturated carbocycles. The largest absolute Gasteiger partial charge is 0.348 e. The highest BCUT2D eigenvalue weighted by Crippen LogP contribution is 2.07. The number of rotatable bonds is 3. The Morgan fingerprint density at radius 1 is 1.29 bits per heavy atom. The van der Waals surface area contributed by atoms with E-state index in [9.17, 15) is 4.79 Å². The third kappa shape index (κ3) is 3.52. The Morgan fingerprint density at radius 3 is 2.88 bits per heavy atom. The first-order chi connectivity index (χ1) is 8.25. The van der Waals surface area contributed by atoms with E-state index < -0.39 is 0 Å². The average molecular weight is 338 g/mol. The van der Waals surface area contributed by atoms with Gasteiger partial charge in [0.05, 0.1) is 5.56 Å². The van der Waals surface area contributed by atoms with Gasteiger partial charge in [-0.25, -0.2) is 0 Å². The molecule has 1 heterocycles. The molecule has 1 aromatic carbocycles. The SMILES string of the molecule is O=C(NCc1cccc(I)c1)c1cccnc1. The molecule has 3 nitrogen and oxygen atoms in total. The summed E-state index contributed by atoms with van der Waals surface area (Å²) >= 11 is 2.25. The molecule has 0 aliphatic rings. The molecular weight excluding hydrogens is 327 g/mol. The summed E-state index contributed by atoms with van der Waals surface area (Å²) in [7, 11) is 0. The van der Waals surface area contributed by atoms with Crippen LogP contribution < -0.4 is 5.32 Å². The third-order valence-electron chi connectivity index (χ3n) is 2.27. The van der Waals surface area contributed by atoms with Crippen LogP contribution in [0.1, 0.15) is 15.9 Å². The van der Waals surface area contributed by atoms with E-state index in [4.69, 9.17) is 0 Å². The Kier molecular flexibility index (Phi) is 4.08. The van der Waals surface area contributed by atoms with Crippen molar-refractivity contribution in [1.29, 1.82) is 0 Å². The van der Waals surface area contributed by atoms with Gasteiger partial charge in [0.15, 0.2) is 0 Å². The summed E-state index contributed by atoms with van der Waals surface area (Å²) in [6.07, 6.45) is 3.21. The zero-order valence-electron chi connectivity index (χ0n) is 9.06. The maximum Gasteiger partial charge on any atom is 0.253 e. The van der Waals surface area contributed by atoms with Crippen molar-refractivity contribution in [3.63, 3.8) is 0 Å². The van der Waals surface area contributed by atoms with Crippen LogP contribution >= 0.6 is 22.6 Å². The van der Waals surface area contributed by atoms with Gasteiger partial charge in [0, 0.05) is 22.5 Å². The van der Waals surface area contributed by atoms with Crippen LogP contribution in [0.15, 0.2) is 48.8 Å². The van der Waals surface area contributed by atoms with Gasteiger partial charge in [-0.05, 0) is 52.4 Å². The van der Waals surface area contributed by atoms with Crippen LogP contribution in [0, 0.1) is 3.57 Å². The fourth-order valence-corrected chi connectivity index (χ4v) is 2.04. The van der Waals surface area contributed by atoms with E-state index in [0.717, 1.165) is 9.13 Å². The fourth-order valence-electron chi connectivity index (χ4n) is 1.43. The minimum absolute atomic E-state index is 0.100. The second kappa shape index (κ2) is 5.77. The predicted molar refractivity (Wildman–Crippen MR) is 74.6 cm³/mol. The van der Waals surface area contributed by atoms with Crippen molar-refractivity contribution in [1.82, 2.24) is 10.3 Å². The highest BCUT2D eigenvalue weighted by molar-refractivity contribution is 14.1. The van der Waals surface area contributed by atoms with Crippen LogP contribution in [0.2, 0.25) is 0 Å². The first-order valence-electron chi connectivity index (χ1n) is 5.18. The lowest BCUT2D eigenvalue weighted by atomic mass is 10.2. The van der Waals surface area contributed by atoms with E-state index >= 15 is 0 Å². The highest BCUT2D eigenvalue weighted by Gasteiger charge is 2.04. The van der Waals surface area contributed by atoms with Gasteiger partial charge in [-0.2, -0.15) is 0 Å². The number of aromatic nitrogens is 1. The summed E-state index contributed by atoms with van der Waals surface area (Å²) in [5.41, 5.74) is 1.67. The molecule has 1 aromatic heterocycles. The van der Waals surface area contributed by atoms with Crippen LogP contribution in [0.4, 0.5) is 0 Å². The van der Waals surface area contributed by atoms with Gasteiger partial charge in [0.1, 0.15) is 0 Å². The summed E-state index contributed by atoms with van der Waals surface area (Å²) in [6, 6.07) is 11.5. The van der Waals surface area contributed by atoms with Gasteiger partial charge in [-0.1, -0.05) is 12.1 Å². The number of nitrogens with one attached hydrogen (secondary N) is 1. The number of carbonyl (C=O) groups is 1. The van der Waals surface area contributed by atoms with E-state index in [2.05, 4.69) is 32.9 Å². The highest BCUT2D eigenvalue weighted by atomic mass is 127. The van der Waals surface area contributed by atoms with Crippen molar-refractivity contribution >= 4 is 28.5 Å². The molecule has 0 aliphatic carbocycles. The maximum atomic E-state index is 11.7. The summed E-state index contributed by atoms with van der Waals surface area (Å²) < 4.78 is 1.16. The Morgan fingerprint density at radius 2 is 2.18 bits per heavy atom. The number of amides is 1. The van der Waals surface area contributed by atoms with Crippen molar-refractivity contribution in [2.24, 2.45) is 0 Å². The van der Waals surface area contributed by atoms with Gasteiger partial charge < -0.3 is 5.32 Å². The molecule has 0 aliphatic heterocycles. The summed E-state index contributed by atoms with van der Waals surface area (Å²) in [5, 5.41) is 2.86. The average Bonchev–Trinajstić information content (AvgIpc) is 2.37. The second-order valence-electron chi connectivity index (χ2n) is 3.55. The predicted octanol–water partition coefficient (Wildman–Crippen LogP) is 2.62. The lowest BCUT2D eigenvalue weighted by Gasteiger charge is -2.05. The van der Waals surface area contributed by atoms with Gasteiger partial charge in [0.2, 0.25) is 0 Å². The van der Waals surface area contributed by atoms with Crippen LogP contribution in [-0.4, -0.2) is 10.9 Å². The number of carbonyl (C=O) groups excluding carboxylic acids is 1. The van der Waals surface area contributed by atoms with E-state index in [1.54, 1.807) is 24.5 Å². The molecule has 1 amide bonds. The standard InChI is InChI=1S/C13H11IN2O/c14-12-5-1-3-10(7-12)8-16-13(17)11-4-2-6-15-9-11/h1-7,9H,8H2,(H,16,17). The molecule has 2 rings (SSSR count). The monoisotopic (exact) mass is 338 g/mol. The minimum Gasteiger partial charge on any atom is -0.348 e. The second-order valence-corrected chi connectivity index (χ2v) is 4.80. The molecule has 0 spiro atoms. The van der Waals surface area contributed by atoms with Crippen molar-refractivity contribution in [3.05, 3.63) is 63.5 Å². The lowest BCUT2D eigenvalue weighted by molar-refractivity contribution is 0.0950. The van der Waals surface area contributed by atoms with Crippen LogP contribution in [-0.2, 0) is 6.54 Å². The Bertz CT molecular complexity index is 514. The van der Waals surface area contributed by atoms with Gasteiger partial charge in [-0.15, -0.1) is 0 Å². The number of nitrogens with zero attached hydrogens (tertiary/aromatic N) is 1.